The zero-order chi connectivity index (χ0) is 15.7. The van der Waals surface area contributed by atoms with Crippen LogP contribution in [0.4, 0.5) is 0 Å². The van der Waals surface area contributed by atoms with Crippen LogP contribution < -0.4 is 0 Å². The van der Waals surface area contributed by atoms with E-state index >= 15 is 0 Å². The Balaban J connectivity index is 4.17. The molecule has 0 spiro atoms. The summed E-state index contributed by atoms with van der Waals surface area (Å²) in [7, 11) is 0. The monoisotopic (exact) mass is 286 g/mol. The van der Waals surface area contributed by atoms with Crippen molar-refractivity contribution in [1.29, 1.82) is 0 Å². The van der Waals surface area contributed by atoms with Crippen LogP contribution in [0.5, 0.6) is 0 Å². The van der Waals surface area contributed by atoms with E-state index in [1.54, 1.807) is 0 Å². The molecule has 5 nitrogen and oxygen atoms in total. The van der Waals surface area contributed by atoms with Gasteiger partial charge in [-0.1, -0.05) is 34.3 Å². The molecule has 20 heavy (non-hydrogen) atoms. The van der Waals surface area contributed by atoms with Gasteiger partial charge in [-0.05, 0) is 18.3 Å². The van der Waals surface area contributed by atoms with Crippen molar-refractivity contribution < 1.29 is 24.2 Å². The third-order valence-electron chi connectivity index (χ3n) is 2.84. The van der Waals surface area contributed by atoms with Crippen LogP contribution in [-0.4, -0.2) is 36.4 Å². The summed E-state index contributed by atoms with van der Waals surface area (Å²) < 4.78 is 9.75. The van der Waals surface area contributed by atoms with Crippen molar-refractivity contribution in [2.24, 2.45) is 17.8 Å². The molecule has 0 heterocycles. The molecule has 0 saturated heterocycles. The fourth-order valence-electron chi connectivity index (χ4n) is 1.72. The number of carbonyl (C=O) groups is 2. The van der Waals surface area contributed by atoms with Gasteiger partial charge in [-0.3, -0.25) is 4.79 Å². The van der Waals surface area contributed by atoms with E-state index < -0.39 is 12.1 Å². The van der Waals surface area contributed by atoms with Gasteiger partial charge in [0.2, 0.25) is 0 Å². The molecule has 1 N–H and O–H groups in total. The lowest BCUT2D eigenvalue weighted by molar-refractivity contribution is -0.156. The second-order valence-corrected chi connectivity index (χ2v) is 5.60. The Hall–Kier alpha value is -1.36. The molecule has 0 aromatic heterocycles. The standard InChI is InChI=1S/C15H26O5/c1-6-14(17)19-8-12(16)9-20-15(18)13(11(4)5)7-10(2)3/h6,10-13,16H,1,7-9H2,2-5H3. The maximum Gasteiger partial charge on any atom is 0.330 e. The van der Waals surface area contributed by atoms with Crippen LogP contribution in [0.1, 0.15) is 34.1 Å². The van der Waals surface area contributed by atoms with Crippen LogP contribution in [0.25, 0.3) is 0 Å². The molecular weight excluding hydrogens is 260 g/mol. The van der Waals surface area contributed by atoms with Crippen LogP contribution in [0, 0.1) is 17.8 Å². The van der Waals surface area contributed by atoms with E-state index in [1.165, 1.54) is 0 Å². The van der Waals surface area contributed by atoms with Gasteiger partial charge in [0.25, 0.3) is 0 Å². The van der Waals surface area contributed by atoms with Gasteiger partial charge in [-0.2, -0.15) is 0 Å². The lowest BCUT2D eigenvalue weighted by Crippen LogP contribution is -2.30. The lowest BCUT2D eigenvalue weighted by Gasteiger charge is -2.22. The number of rotatable bonds is 9. The Kier molecular flexibility index (Phi) is 8.88. The molecule has 0 aliphatic rings. The van der Waals surface area contributed by atoms with Crippen molar-refractivity contribution in [1.82, 2.24) is 0 Å². The minimum atomic E-state index is -1.02. The minimum Gasteiger partial charge on any atom is -0.463 e. The summed E-state index contributed by atoms with van der Waals surface area (Å²) in [5.74, 6) is -0.537. The Bertz CT molecular complexity index is 322. The van der Waals surface area contributed by atoms with Gasteiger partial charge in [-0.25, -0.2) is 4.79 Å². The van der Waals surface area contributed by atoms with Crippen molar-refractivity contribution in [3.8, 4) is 0 Å². The molecule has 0 rings (SSSR count). The predicted octanol–water partition coefficient (Wildman–Crippen LogP) is 1.94. The van der Waals surface area contributed by atoms with E-state index in [4.69, 9.17) is 4.74 Å². The van der Waals surface area contributed by atoms with Crippen LogP contribution in [0.15, 0.2) is 12.7 Å². The Morgan fingerprint density at radius 2 is 1.70 bits per heavy atom. The number of hydrogen-bond acceptors (Lipinski definition) is 5. The van der Waals surface area contributed by atoms with E-state index in [2.05, 4.69) is 11.3 Å². The molecule has 0 aliphatic carbocycles. The second-order valence-electron chi connectivity index (χ2n) is 5.60. The highest BCUT2D eigenvalue weighted by Gasteiger charge is 2.25. The van der Waals surface area contributed by atoms with Crippen molar-refractivity contribution in [3.05, 3.63) is 12.7 Å². The fraction of sp³-hybridized carbons (Fsp3) is 0.733. The van der Waals surface area contributed by atoms with Gasteiger partial charge in [0.1, 0.15) is 19.3 Å². The number of aliphatic hydroxyl groups excluding tert-OH is 1. The van der Waals surface area contributed by atoms with E-state index in [9.17, 15) is 14.7 Å². The third-order valence-corrected chi connectivity index (χ3v) is 2.84. The Morgan fingerprint density at radius 3 is 2.15 bits per heavy atom. The molecular formula is C15H26O5. The van der Waals surface area contributed by atoms with Gasteiger partial charge in [0.05, 0.1) is 5.92 Å². The van der Waals surface area contributed by atoms with Gasteiger partial charge in [0, 0.05) is 6.08 Å². The Labute approximate surface area is 121 Å². The smallest absolute Gasteiger partial charge is 0.330 e. The summed E-state index contributed by atoms with van der Waals surface area (Å²) >= 11 is 0. The summed E-state index contributed by atoms with van der Waals surface area (Å²) in [6.45, 7) is 10.9. The Morgan fingerprint density at radius 1 is 1.15 bits per heavy atom. The van der Waals surface area contributed by atoms with Crippen LogP contribution >= 0.6 is 0 Å². The summed E-state index contributed by atoms with van der Waals surface area (Å²) in [6.07, 6.45) is 0.739. The molecule has 0 saturated carbocycles. The van der Waals surface area contributed by atoms with Crippen molar-refractivity contribution in [2.45, 2.75) is 40.2 Å². The van der Waals surface area contributed by atoms with Gasteiger partial charge in [-0.15, -0.1) is 0 Å². The summed E-state index contributed by atoms with van der Waals surface area (Å²) in [4.78, 5) is 22.8. The lowest BCUT2D eigenvalue weighted by atomic mass is 9.88. The molecule has 0 aromatic carbocycles. The van der Waals surface area contributed by atoms with E-state index in [-0.39, 0.29) is 31.0 Å². The first-order valence-corrected chi connectivity index (χ1v) is 6.91. The molecule has 2 unspecified atom stereocenters. The van der Waals surface area contributed by atoms with E-state index in [1.807, 2.05) is 27.7 Å². The van der Waals surface area contributed by atoms with Crippen molar-refractivity contribution >= 4 is 11.9 Å². The van der Waals surface area contributed by atoms with E-state index in [0.717, 1.165) is 12.5 Å². The minimum absolute atomic E-state index is 0.176. The molecule has 5 heteroatoms. The molecule has 116 valence electrons. The van der Waals surface area contributed by atoms with Crippen molar-refractivity contribution in [2.75, 3.05) is 13.2 Å². The third kappa shape index (κ3) is 7.94. The number of esters is 2. The zero-order valence-corrected chi connectivity index (χ0v) is 12.8. The van der Waals surface area contributed by atoms with Gasteiger partial charge in [0.15, 0.2) is 0 Å². The zero-order valence-electron chi connectivity index (χ0n) is 12.8. The first-order chi connectivity index (χ1) is 9.27. The fourth-order valence-corrected chi connectivity index (χ4v) is 1.72. The molecule has 0 amide bonds. The average molecular weight is 286 g/mol. The van der Waals surface area contributed by atoms with E-state index in [0.29, 0.717) is 5.92 Å². The number of ether oxygens (including phenoxy) is 2. The average Bonchev–Trinajstić information content (AvgIpc) is 2.38. The molecule has 0 aromatic rings. The predicted molar refractivity (Wildman–Crippen MR) is 75.9 cm³/mol. The highest BCUT2D eigenvalue weighted by Crippen LogP contribution is 2.21. The largest absolute Gasteiger partial charge is 0.463 e. The maximum absolute atomic E-state index is 12.0. The first kappa shape index (κ1) is 18.6. The molecule has 2 atom stereocenters. The number of hydrogen-bond donors (Lipinski definition) is 1. The maximum atomic E-state index is 12.0. The quantitative estimate of drug-likeness (QED) is 0.518. The molecule has 0 fully saturated rings. The van der Waals surface area contributed by atoms with Gasteiger partial charge >= 0.3 is 11.9 Å². The van der Waals surface area contributed by atoms with Gasteiger partial charge < -0.3 is 14.6 Å². The highest BCUT2D eigenvalue weighted by atomic mass is 16.6. The van der Waals surface area contributed by atoms with Crippen LogP contribution in [0.2, 0.25) is 0 Å². The highest BCUT2D eigenvalue weighted by molar-refractivity contribution is 5.81. The first-order valence-electron chi connectivity index (χ1n) is 6.91. The molecule has 0 aliphatic heterocycles. The SMILES string of the molecule is C=CC(=O)OCC(O)COC(=O)C(CC(C)C)C(C)C. The second kappa shape index (κ2) is 9.53. The summed E-state index contributed by atoms with van der Waals surface area (Å²) in [5.41, 5.74) is 0. The normalized spacial score (nSPS) is 13.9. The topological polar surface area (TPSA) is 72.8 Å². The van der Waals surface area contributed by atoms with Crippen LogP contribution in [-0.2, 0) is 19.1 Å². The van der Waals surface area contributed by atoms with Crippen molar-refractivity contribution in [3.63, 3.8) is 0 Å². The summed E-state index contributed by atoms with van der Waals surface area (Å²) in [6, 6.07) is 0. The number of carbonyl (C=O) groups excluding carboxylic acids is 2. The van der Waals surface area contributed by atoms with Crippen LogP contribution in [0.3, 0.4) is 0 Å². The molecule has 0 bridgehead atoms. The molecule has 0 radical (unpaired) electrons. The summed E-state index contributed by atoms with van der Waals surface area (Å²) in [5, 5.41) is 9.56. The number of aliphatic hydroxyl groups is 1.